The second kappa shape index (κ2) is 3.21. The zero-order valence-electron chi connectivity index (χ0n) is 8.23. The van der Waals surface area contributed by atoms with E-state index in [1.165, 1.54) is 32.4 Å². The third-order valence-corrected chi connectivity index (χ3v) is 3.33. The first-order chi connectivity index (χ1) is 7.38. The molecule has 1 aromatic heterocycles. The molecule has 0 saturated heterocycles. The lowest BCUT2D eigenvalue weighted by Crippen LogP contribution is -1.82. The van der Waals surface area contributed by atoms with Gasteiger partial charge >= 0.3 is 0 Å². The molecule has 0 aliphatic heterocycles. The fraction of sp³-hybridized carbons (Fsp3) is 0.0833. The zero-order chi connectivity index (χ0) is 10.3. The van der Waals surface area contributed by atoms with E-state index in [9.17, 15) is 0 Å². The number of fused-ring (bicyclic) bond motifs is 3. The topological polar surface area (TPSA) is 22.1 Å². The van der Waals surface area contributed by atoms with Crippen LogP contribution in [0.3, 0.4) is 0 Å². The molecule has 2 nitrogen and oxygen atoms in total. The van der Waals surface area contributed by atoms with Crippen molar-refractivity contribution in [3.05, 3.63) is 36.5 Å². The molecule has 0 aliphatic rings. The van der Waals surface area contributed by atoms with Gasteiger partial charge in [0, 0.05) is 11.6 Å². The van der Waals surface area contributed by atoms with Gasteiger partial charge in [0.15, 0.2) is 0 Å². The first-order valence-electron chi connectivity index (χ1n) is 4.69. The van der Waals surface area contributed by atoms with Crippen molar-refractivity contribution < 1.29 is 4.74 Å². The molecule has 3 rings (SSSR count). The quantitative estimate of drug-likeness (QED) is 0.620. The van der Waals surface area contributed by atoms with Crippen molar-refractivity contribution in [1.82, 2.24) is 4.37 Å². The van der Waals surface area contributed by atoms with Crippen LogP contribution in [0.1, 0.15) is 0 Å². The Balaban J connectivity index is 2.48. The third-order valence-electron chi connectivity index (χ3n) is 2.56. The summed E-state index contributed by atoms with van der Waals surface area (Å²) in [7, 11) is 1.69. The molecule has 0 bridgehead atoms. The molecule has 0 radical (unpaired) electrons. The van der Waals surface area contributed by atoms with Gasteiger partial charge in [-0.15, -0.1) is 0 Å². The van der Waals surface area contributed by atoms with E-state index >= 15 is 0 Å². The van der Waals surface area contributed by atoms with Crippen LogP contribution in [0.25, 0.3) is 20.9 Å². The number of nitrogens with zero attached hydrogens (tertiary/aromatic N) is 1. The Morgan fingerprint density at radius 2 is 2.00 bits per heavy atom. The molecule has 3 aromatic rings. The first-order valence-corrected chi connectivity index (χ1v) is 5.47. The highest BCUT2D eigenvalue weighted by molar-refractivity contribution is 7.13. The van der Waals surface area contributed by atoms with Gasteiger partial charge in [-0.3, -0.25) is 0 Å². The number of hydrogen-bond acceptors (Lipinski definition) is 3. The molecule has 74 valence electrons. The number of hydrogen-bond donors (Lipinski definition) is 0. The molecule has 1 heterocycles. The van der Waals surface area contributed by atoms with Gasteiger partial charge in [0.2, 0.25) is 0 Å². The van der Waals surface area contributed by atoms with Crippen molar-refractivity contribution in [2.45, 2.75) is 0 Å². The molecular weight excluding hydrogens is 206 g/mol. The molecule has 0 fully saturated rings. The minimum absolute atomic E-state index is 0.890. The third kappa shape index (κ3) is 1.27. The predicted octanol–water partition coefficient (Wildman–Crippen LogP) is 3.46. The van der Waals surface area contributed by atoms with Gasteiger partial charge in [-0.05, 0) is 40.5 Å². The van der Waals surface area contributed by atoms with Crippen LogP contribution in [0.5, 0.6) is 5.75 Å². The summed E-state index contributed by atoms with van der Waals surface area (Å²) in [6, 6.07) is 10.3. The Labute approximate surface area is 91.3 Å². The number of aromatic nitrogens is 1. The molecule has 15 heavy (non-hydrogen) atoms. The number of benzene rings is 2. The van der Waals surface area contributed by atoms with E-state index in [1.807, 2.05) is 12.3 Å². The van der Waals surface area contributed by atoms with Crippen LogP contribution in [0.4, 0.5) is 0 Å². The molecule has 0 unspecified atom stereocenters. The highest BCUT2D eigenvalue weighted by Gasteiger charge is 2.03. The van der Waals surface area contributed by atoms with Crippen molar-refractivity contribution in [3.63, 3.8) is 0 Å². The normalized spacial score (nSPS) is 11.0. The van der Waals surface area contributed by atoms with Crippen LogP contribution in [-0.2, 0) is 0 Å². The highest BCUT2D eigenvalue weighted by atomic mass is 32.1. The van der Waals surface area contributed by atoms with Gasteiger partial charge < -0.3 is 4.74 Å². The first kappa shape index (κ1) is 8.68. The Bertz CT molecular complexity index is 630. The fourth-order valence-corrected chi connectivity index (χ4v) is 2.44. The van der Waals surface area contributed by atoms with Crippen molar-refractivity contribution in [1.29, 1.82) is 0 Å². The lowest BCUT2D eigenvalue weighted by atomic mass is 10.1. The summed E-state index contributed by atoms with van der Waals surface area (Å²) in [5, 5.41) is 3.64. The van der Waals surface area contributed by atoms with Crippen LogP contribution >= 0.6 is 11.5 Å². The largest absolute Gasteiger partial charge is 0.497 e. The molecule has 0 spiro atoms. The Kier molecular flexibility index (Phi) is 1.86. The van der Waals surface area contributed by atoms with E-state index in [0.717, 1.165) is 5.75 Å². The Morgan fingerprint density at radius 3 is 2.87 bits per heavy atom. The standard InChI is InChI=1S/C12H9NOS/c1-14-9-4-2-8-3-5-12-11(7-13-15-12)10(8)6-9/h2-7H,1H3. The van der Waals surface area contributed by atoms with Crippen LogP contribution < -0.4 is 4.74 Å². The van der Waals surface area contributed by atoms with Gasteiger partial charge in [0.25, 0.3) is 0 Å². The maximum absolute atomic E-state index is 5.23. The maximum Gasteiger partial charge on any atom is 0.119 e. The summed E-state index contributed by atoms with van der Waals surface area (Å²) in [6.07, 6.45) is 1.92. The summed E-state index contributed by atoms with van der Waals surface area (Å²) in [5.41, 5.74) is 0. The second-order valence-corrected chi connectivity index (χ2v) is 4.22. The predicted molar refractivity (Wildman–Crippen MR) is 63.7 cm³/mol. The Morgan fingerprint density at radius 1 is 1.13 bits per heavy atom. The fourth-order valence-electron chi connectivity index (χ4n) is 1.78. The van der Waals surface area contributed by atoms with Crippen LogP contribution in [-0.4, -0.2) is 11.5 Å². The van der Waals surface area contributed by atoms with Gasteiger partial charge in [-0.1, -0.05) is 12.1 Å². The summed E-state index contributed by atoms with van der Waals surface area (Å²) < 4.78 is 10.7. The molecule has 0 aliphatic carbocycles. The van der Waals surface area contributed by atoms with E-state index in [4.69, 9.17) is 4.74 Å². The zero-order valence-corrected chi connectivity index (χ0v) is 9.04. The summed E-state index contributed by atoms with van der Waals surface area (Å²) in [6.45, 7) is 0. The average molecular weight is 215 g/mol. The van der Waals surface area contributed by atoms with E-state index in [2.05, 4.69) is 28.6 Å². The van der Waals surface area contributed by atoms with Crippen LogP contribution in [0.2, 0.25) is 0 Å². The molecule has 0 atom stereocenters. The van der Waals surface area contributed by atoms with Gasteiger partial charge in [0.05, 0.1) is 11.8 Å². The lowest BCUT2D eigenvalue weighted by Gasteiger charge is -2.02. The maximum atomic E-state index is 5.23. The van der Waals surface area contributed by atoms with Gasteiger partial charge in [-0.25, -0.2) is 0 Å². The molecule has 2 aromatic carbocycles. The average Bonchev–Trinajstić information content (AvgIpc) is 2.76. The van der Waals surface area contributed by atoms with E-state index in [-0.39, 0.29) is 0 Å². The minimum Gasteiger partial charge on any atom is -0.497 e. The van der Waals surface area contributed by atoms with E-state index in [1.54, 1.807) is 7.11 Å². The van der Waals surface area contributed by atoms with Crippen LogP contribution in [0, 0.1) is 0 Å². The van der Waals surface area contributed by atoms with Crippen molar-refractivity contribution >= 4 is 32.4 Å². The monoisotopic (exact) mass is 215 g/mol. The number of methoxy groups -OCH3 is 1. The summed E-state index contributed by atoms with van der Waals surface area (Å²) in [4.78, 5) is 0. The van der Waals surface area contributed by atoms with Crippen molar-refractivity contribution in [2.24, 2.45) is 0 Å². The number of ether oxygens (including phenoxy) is 1. The number of rotatable bonds is 1. The molecule has 0 amide bonds. The molecular formula is C12H9NOS. The highest BCUT2D eigenvalue weighted by Crippen LogP contribution is 2.29. The summed E-state index contributed by atoms with van der Waals surface area (Å²) >= 11 is 1.52. The van der Waals surface area contributed by atoms with E-state index < -0.39 is 0 Å². The molecule has 3 heteroatoms. The lowest BCUT2D eigenvalue weighted by molar-refractivity contribution is 0.415. The minimum atomic E-state index is 0.890. The van der Waals surface area contributed by atoms with Gasteiger partial charge in [0.1, 0.15) is 5.75 Å². The van der Waals surface area contributed by atoms with Crippen molar-refractivity contribution in [3.8, 4) is 5.75 Å². The molecule has 0 saturated carbocycles. The van der Waals surface area contributed by atoms with Crippen molar-refractivity contribution in [2.75, 3.05) is 7.11 Å². The summed E-state index contributed by atoms with van der Waals surface area (Å²) in [5.74, 6) is 0.890. The van der Waals surface area contributed by atoms with Gasteiger partial charge in [-0.2, -0.15) is 4.37 Å². The molecule has 0 N–H and O–H groups in total. The Hall–Kier alpha value is -1.61. The smallest absolute Gasteiger partial charge is 0.119 e. The van der Waals surface area contributed by atoms with Crippen LogP contribution in [0.15, 0.2) is 36.5 Å². The van der Waals surface area contributed by atoms with E-state index in [0.29, 0.717) is 0 Å². The SMILES string of the molecule is COc1ccc2ccc3sncc3c2c1. The second-order valence-electron chi connectivity index (χ2n) is 3.39.